The molecule has 0 aliphatic heterocycles. The number of methoxy groups -OCH3 is 1. The molecular formula is C13H12O4S. The average molecular weight is 264 g/mol. The standard InChI is InChI=1S/C13H12O4S/c1-7-6-11(18-8(7)2)12(14)9-4-5-10(17-9)13(15)16-3/h4-6H,1-3H3. The lowest BCUT2D eigenvalue weighted by molar-refractivity contribution is 0.0563. The van der Waals surface area contributed by atoms with Crippen molar-refractivity contribution in [2.24, 2.45) is 0 Å². The second-order valence-electron chi connectivity index (χ2n) is 3.83. The van der Waals surface area contributed by atoms with Crippen molar-refractivity contribution in [2.75, 3.05) is 7.11 Å². The predicted molar refractivity (Wildman–Crippen MR) is 67.3 cm³/mol. The van der Waals surface area contributed by atoms with Crippen molar-refractivity contribution in [1.82, 2.24) is 0 Å². The van der Waals surface area contributed by atoms with Gasteiger partial charge in [-0.2, -0.15) is 0 Å². The van der Waals surface area contributed by atoms with Gasteiger partial charge in [0.2, 0.25) is 11.5 Å². The Morgan fingerprint density at radius 1 is 1.22 bits per heavy atom. The van der Waals surface area contributed by atoms with Crippen LogP contribution in [0.25, 0.3) is 0 Å². The van der Waals surface area contributed by atoms with Crippen molar-refractivity contribution in [2.45, 2.75) is 13.8 Å². The fraction of sp³-hybridized carbons (Fsp3) is 0.231. The monoisotopic (exact) mass is 264 g/mol. The van der Waals surface area contributed by atoms with Gasteiger partial charge in [-0.3, -0.25) is 4.79 Å². The first-order chi connectivity index (χ1) is 8.52. The first-order valence-corrected chi connectivity index (χ1v) is 6.14. The predicted octanol–water partition coefficient (Wildman–Crippen LogP) is 2.98. The maximum absolute atomic E-state index is 12.1. The molecule has 0 aliphatic carbocycles. The first kappa shape index (κ1) is 12.6. The van der Waals surface area contributed by atoms with E-state index in [0.717, 1.165) is 10.4 Å². The Kier molecular flexibility index (Phi) is 3.34. The number of furan rings is 1. The average Bonchev–Trinajstić information content (AvgIpc) is 2.96. The number of hydrogen-bond acceptors (Lipinski definition) is 5. The van der Waals surface area contributed by atoms with Gasteiger partial charge in [-0.25, -0.2) is 4.79 Å². The van der Waals surface area contributed by atoms with Crippen molar-refractivity contribution in [1.29, 1.82) is 0 Å². The number of hydrogen-bond donors (Lipinski definition) is 0. The van der Waals surface area contributed by atoms with Crippen LogP contribution in [0.4, 0.5) is 0 Å². The molecule has 2 rings (SSSR count). The minimum absolute atomic E-state index is 0.0332. The second-order valence-corrected chi connectivity index (χ2v) is 5.09. The van der Waals surface area contributed by atoms with E-state index in [1.165, 1.54) is 30.6 Å². The van der Waals surface area contributed by atoms with Crippen molar-refractivity contribution in [3.05, 3.63) is 45.0 Å². The second kappa shape index (κ2) is 4.78. The highest BCUT2D eigenvalue weighted by Crippen LogP contribution is 2.24. The molecule has 2 aromatic rings. The first-order valence-electron chi connectivity index (χ1n) is 5.33. The van der Waals surface area contributed by atoms with Crippen LogP contribution in [0, 0.1) is 13.8 Å². The van der Waals surface area contributed by atoms with Crippen LogP contribution in [-0.2, 0) is 4.74 Å². The molecule has 0 saturated carbocycles. The Morgan fingerprint density at radius 3 is 2.44 bits per heavy atom. The Bertz CT molecular complexity index is 587. The van der Waals surface area contributed by atoms with Gasteiger partial charge in [-0.1, -0.05) is 0 Å². The number of carbonyl (C=O) groups excluding carboxylic acids is 2. The molecule has 18 heavy (non-hydrogen) atoms. The van der Waals surface area contributed by atoms with Crippen LogP contribution in [0.5, 0.6) is 0 Å². The third-order valence-corrected chi connectivity index (χ3v) is 3.76. The van der Waals surface area contributed by atoms with E-state index in [4.69, 9.17) is 4.42 Å². The minimum Gasteiger partial charge on any atom is -0.463 e. The topological polar surface area (TPSA) is 56.5 Å². The molecule has 0 spiro atoms. The molecule has 0 saturated heterocycles. The summed E-state index contributed by atoms with van der Waals surface area (Å²) in [6, 6.07) is 4.74. The molecule has 0 radical (unpaired) electrons. The van der Waals surface area contributed by atoms with Gasteiger partial charge in [-0.05, 0) is 37.6 Å². The highest BCUT2D eigenvalue weighted by molar-refractivity contribution is 7.14. The Hall–Kier alpha value is -1.88. The highest BCUT2D eigenvalue weighted by atomic mass is 32.1. The third kappa shape index (κ3) is 2.22. The summed E-state index contributed by atoms with van der Waals surface area (Å²) in [6.07, 6.45) is 0. The fourth-order valence-electron chi connectivity index (χ4n) is 1.48. The zero-order valence-corrected chi connectivity index (χ0v) is 11.1. The fourth-order valence-corrected chi connectivity index (χ4v) is 2.46. The molecule has 94 valence electrons. The van der Waals surface area contributed by atoms with Crippen LogP contribution < -0.4 is 0 Å². The summed E-state index contributed by atoms with van der Waals surface area (Å²) in [5, 5.41) is 0. The molecular weight excluding hydrogens is 252 g/mol. The van der Waals surface area contributed by atoms with Gasteiger partial charge < -0.3 is 9.15 Å². The lowest BCUT2D eigenvalue weighted by atomic mass is 10.2. The molecule has 2 aromatic heterocycles. The molecule has 5 heteroatoms. The van der Waals surface area contributed by atoms with E-state index in [1.54, 1.807) is 0 Å². The molecule has 4 nitrogen and oxygen atoms in total. The van der Waals surface area contributed by atoms with Crippen molar-refractivity contribution in [3.8, 4) is 0 Å². The van der Waals surface area contributed by atoms with E-state index in [-0.39, 0.29) is 17.3 Å². The number of ether oxygens (including phenoxy) is 1. The summed E-state index contributed by atoms with van der Waals surface area (Å²) >= 11 is 1.41. The molecule has 0 bridgehead atoms. The van der Waals surface area contributed by atoms with Crippen LogP contribution in [-0.4, -0.2) is 18.9 Å². The van der Waals surface area contributed by atoms with Gasteiger partial charge in [0.05, 0.1) is 12.0 Å². The van der Waals surface area contributed by atoms with Gasteiger partial charge in [0.25, 0.3) is 0 Å². The third-order valence-electron chi connectivity index (χ3n) is 2.61. The Labute approximate surface area is 108 Å². The Balaban J connectivity index is 2.29. The Morgan fingerprint density at radius 2 is 1.89 bits per heavy atom. The van der Waals surface area contributed by atoms with Gasteiger partial charge in [0, 0.05) is 4.88 Å². The molecule has 0 amide bonds. The molecule has 0 N–H and O–H groups in total. The highest BCUT2D eigenvalue weighted by Gasteiger charge is 2.19. The normalized spacial score (nSPS) is 10.4. The van der Waals surface area contributed by atoms with E-state index in [0.29, 0.717) is 4.88 Å². The number of esters is 1. The van der Waals surface area contributed by atoms with Crippen LogP contribution >= 0.6 is 11.3 Å². The van der Waals surface area contributed by atoms with Gasteiger partial charge in [0.1, 0.15) is 0 Å². The molecule has 2 heterocycles. The quantitative estimate of drug-likeness (QED) is 0.631. The summed E-state index contributed by atoms with van der Waals surface area (Å²) in [5.74, 6) is -0.624. The number of ketones is 1. The van der Waals surface area contributed by atoms with E-state index in [2.05, 4.69) is 4.74 Å². The summed E-state index contributed by atoms with van der Waals surface area (Å²) in [7, 11) is 1.26. The van der Waals surface area contributed by atoms with E-state index >= 15 is 0 Å². The largest absolute Gasteiger partial charge is 0.463 e. The minimum atomic E-state index is -0.590. The van der Waals surface area contributed by atoms with Crippen molar-refractivity contribution < 1.29 is 18.7 Å². The molecule has 0 unspecified atom stereocenters. The van der Waals surface area contributed by atoms with Crippen LogP contribution in [0.3, 0.4) is 0 Å². The lowest BCUT2D eigenvalue weighted by Crippen LogP contribution is -2.00. The summed E-state index contributed by atoms with van der Waals surface area (Å²) < 4.78 is 9.70. The zero-order valence-electron chi connectivity index (χ0n) is 10.3. The molecule has 0 aliphatic rings. The SMILES string of the molecule is COC(=O)c1ccc(C(=O)c2cc(C)c(C)s2)o1. The van der Waals surface area contributed by atoms with Crippen molar-refractivity contribution in [3.63, 3.8) is 0 Å². The van der Waals surface area contributed by atoms with Crippen LogP contribution in [0.2, 0.25) is 0 Å². The zero-order chi connectivity index (χ0) is 13.3. The maximum Gasteiger partial charge on any atom is 0.373 e. The number of carbonyl (C=O) groups is 2. The van der Waals surface area contributed by atoms with E-state index in [1.807, 2.05) is 19.9 Å². The maximum atomic E-state index is 12.1. The number of aryl methyl sites for hydroxylation is 2. The van der Waals surface area contributed by atoms with Gasteiger partial charge >= 0.3 is 5.97 Å². The van der Waals surface area contributed by atoms with Crippen LogP contribution in [0.1, 0.15) is 36.4 Å². The molecule has 0 atom stereocenters. The summed E-state index contributed by atoms with van der Waals surface area (Å²) in [6.45, 7) is 3.91. The van der Waals surface area contributed by atoms with Crippen molar-refractivity contribution >= 4 is 23.1 Å². The van der Waals surface area contributed by atoms with Gasteiger partial charge in [0.15, 0.2) is 5.76 Å². The molecule has 0 fully saturated rings. The summed E-state index contributed by atoms with van der Waals surface area (Å²) in [5.41, 5.74) is 1.07. The summed E-state index contributed by atoms with van der Waals surface area (Å²) in [4.78, 5) is 25.0. The van der Waals surface area contributed by atoms with Crippen LogP contribution in [0.15, 0.2) is 22.6 Å². The van der Waals surface area contributed by atoms with E-state index < -0.39 is 5.97 Å². The number of thiophene rings is 1. The smallest absolute Gasteiger partial charge is 0.373 e. The van der Waals surface area contributed by atoms with Gasteiger partial charge in [-0.15, -0.1) is 11.3 Å². The number of rotatable bonds is 3. The lowest BCUT2D eigenvalue weighted by Gasteiger charge is -1.94. The van der Waals surface area contributed by atoms with E-state index in [9.17, 15) is 9.59 Å². The molecule has 0 aromatic carbocycles.